The number of ether oxygens (including phenoxy) is 1. The first kappa shape index (κ1) is 14.5. The third-order valence-corrected chi connectivity index (χ3v) is 2.76. The molecule has 1 heterocycles. The summed E-state index contributed by atoms with van der Waals surface area (Å²) in [4.78, 5) is 0. The van der Waals surface area contributed by atoms with E-state index in [9.17, 15) is 8.78 Å². The van der Waals surface area contributed by atoms with E-state index < -0.39 is 11.6 Å². The van der Waals surface area contributed by atoms with E-state index in [4.69, 9.17) is 4.74 Å². The second kappa shape index (κ2) is 7.06. The predicted octanol–water partition coefficient (Wildman–Crippen LogP) is 1.34. The van der Waals surface area contributed by atoms with E-state index in [-0.39, 0.29) is 12.1 Å². The molecule has 0 aliphatic heterocycles. The Morgan fingerprint density at radius 2 is 2.05 bits per heavy atom. The van der Waals surface area contributed by atoms with Crippen molar-refractivity contribution >= 4 is 0 Å². The highest BCUT2D eigenvalue weighted by Crippen LogP contribution is 2.13. The van der Waals surface area contributed by atoms with E-state index in [2.05, 4.69) is 15.6 Å². The third-order valence-electron chi connectivity index (χ3n) is 2.76. The lowest BCUT2D eigenvalue weighted by atomic mass is 10.2. The monoisotopic (exact) mass is 282 g/mol. The molecule has 2 aromatic rings. The van der Waals surface area contributed by atoms with Gasteiger partial charge in [0.15, 0.2) is 0 Å². The lowest BCUT2D eigenvalue weighted by Gasteiger charge is -2.04. The molecule has 7 heteroatoms. The van der Waals surface area contributed by atoms with Crippen LogP contribution in [0.4, 0.5) is 8.78 Å². The molecule has 0 fully saturated rings. The summed E-state index contributed by atoms with van der Waals surface area (Å²) >= 11 is 0. The maximum Gasteiger partial charge on any atom is 0.131 e. The van der Waals surface area contributed by atoms with Gasteiger partial charge in [-0.05, 0) is 12.1 Å². The van der Waals surface area contributed by atoms with Gasteiger partial charge in [0.2, 0.25) is 0 Å². The molecule has 0 spiro atoms. The van der Waals surface area contributed by atoms with Gasteiger partial charge < -0.3 is 10.1 Å². The molecule has 1 aromatic heterocycles. The van der Waals surface area contributed by atoms with Crippen molar-refractivity contribution in [1.29, 1.82) is 0 Å². The van der Waals surface area contributed by atoms with Crippen molar-refractivity contribution in [3.05, 3.63) is 47.3 Å². The van der Waals surface area contributed by atoms with Crippen LogP contribution in [0.3, 0.4) is 0 Å². The highest BCUT2D eigenvalue weighted by molar-refractivity contribution is 5.19. The second-order valence-electron chi connectivity index (χ2n) is 4.28. The molecule has 0 radical (unpaired) electrons. The number of halogens is 2. The van der Waals surface area contributed by atoms with Gasteiger partial charge in [0, 0.05) is 25.8 Å². The zero-order valence-electron chi connectivity index (χ0n) is 11.1. The largest absolute Gasteiger partial charge is 0.383 e. The molecule has 0 bridgehead atoms. The maximum atomic E-state index is 13.5. The Morgan fingerprint density at radius 3 is 2.75 bits per heavy atom. The van der Waals surface area contributed by atoms with Gasteiger partial charge >= 0.3 is 0 Å². The zero-order valence-corrected chi connectivity index (χ0v) is 11.1. The van der Waals surface area contributed by atoms with Gasteiger partial charge in [-0.1, -0.05) is 11.3 Å². The number of methoxy groups -OCH3 is 1. The van der Waals surface area contributed by atoms with Crippen LogP contribution in [-0.2, 0) is 17.8 Å². The first-order chi connectivity index (χ1) is 9.70. The first-order valence-corrected chi connectivity index (χ1v) is 6.22. The van der Waals surface area contributed by atoms with Crippen LogP contribution in [0.15, 0.2) is 24.4 Å². The maximum absolute atomic E-state index is 13.5. The van der Waals surface area contributed by atoms with Crippen molar-refractivity contribution in [1.82, 2.24) is 20.3 Å². The van der Waals surface area contributed by atoms with Crippen molar-refractivity contribution in [3.63, 3.8) is 0 Å². The van der Waals surface area contributed by atoms with Gasteiger partial charge in [-0.3, -0.25) is 0 Å². The Morgan fingerprint density at radius 1 is 1.30 bits per heavy atom. The predicted molar refractivity (Wildman–Crippen MR) is 69.1 cm³/mol. The van der Waals surface area contributed by atoms with Crippen LogP contribution >= 0.6 is 0 Å². The Balaban J connectivity index is 1.96. The number of hydrogen-bond donors (Lipinski definition) is 1. The number of benzene rings is 1. The average molecular weight is 282 g/mol. The molecule has 5 nitrogen and oxygen atoms in total. The zero-order chi connectivity index (χ0) is 14.4. The Hall–Kier alpha value is -1.86. The topological polar surface area (TPSA) is 52.0 Å². The molecule has 108 valence electrons. The molecule has 0 atom stereocenters. The van der Waals surface area contributed by atoms with E-state index in [1.165, 1.54) is 22.9 Å². The highest BCUT2D eigenvalue weighted by Gasteiger charge is 2.10. The van der Waals surface area contributed by atoms with E-state index in [0.717, 1.165) is 0 Å². The molecule has 1 N–H and O–H groups in total. The molecular formula is C13H16F2N4O. The molecule has 0 aliphatic rings. The van der Waals surface area contributed by atoms with Gasteiger partial charge in [0.1, 0.15) is 11.6 Å². The van der Waals surface area contributed by atoms with Crippen molar-refractivity contribution in [2.75, 3.05) is 20.3 Å². The summed E-state index contributed by atoms with van der Waals surface area (Å²) in [6.07, 6.45) is 1.66. The fourth-order valence-electron chi connectivity index (χ4n) is 1.73. The van der Waals surface area contributed by atoms with Crippen LogP contribution < -0.4 is 5.32 Å². The summed E-state index contributed by atoms with van der Waals surface area (Å²) in [5, 5.41) is 10.9. The van der Waals surface area contributed by atoms with Crippen LogP contribution in [0.25, 0.3) is 0 Å². The lowest BCUT2D eigenvalue weighted by Crippen LogP contribution is -2.18. The first-order valence-electron chi connectivity index (χ1n) is 6.22. The number of rotatable bonds is 7. The molecule has 0 unspecified atom stereocenters. The van der Waals surface area contributed by atoms with Crippen molar-refractivity contribution in [2.45, 2.75) is 13.1 Å². The van der Waals surface area contributed by atoms with Crippen LogP contribution in [0.1, 0.15) is 11.3 Å². The summed E-state index contributed by atoms with van der Waals surface area (Å²) in [5.41, 5.74) is 0.689. The van der Waals surface area contributed by atoms with Crippen molar-refractivity contribution < 1.29 is 13.5 Å². The van der Waals surface area contributed by atoms with Crippen LogP contribution in [0.5, 0.6) is 0 Å². The van der Waals surface area contributed by atoms with Gasteiger partial charge in [-0.25, -0.2) is 13.5 Å². The third kappa shape index (κ3) is 3.82. The van der Waals surface area contributed by atoms with E-state index in [1.807, 2.05) is 0 Å². The fourth-order valence-corrected chi connectivity index (χ4v) is 1.73. The fraction of sp³-hybridized carbons (Fsp3) is 0.385. The van der Waals surface area contributed by atoms with Crippen molar-refractivity contribution in [2.24, 2.45) is 0 Å². The van der Waals surface area contributed by atoms with E-state index >= 15 is 0 Å². The standard InChI is InChI=1S/C13H16F2N4O/c1-20-6-5-16-7-10-8-19(18-17-10)9-11-12(14)3-2-4-13(11)15/h2-4,8,16H,5-7,9H2,1H3. The van der Waals surface area contributed by atoms with E-state index in [1.54, 1.807) is 13.3 Å². The smallest absolute Gasteiger partial charge is 0.131 e. The van der Waals surface area contributed by atoms with Crippen LogP contribution in [0, 0.1) is 11.6 Å². The minimum atomic E-state index is -0.583. The minimum absolute atomic E-state index is 0.0173. The summed E-state index contributed by atoms with van der Waals surface area (Å²) in [7, 11) is 1.63. The van der Waals surface area contributed by atoms with Crippen LogP contribution in [0.2, 0.25) is 0 Å². The normalized spacial score (nSPS) is 10.9. The van der Waals surface area contributed by atoms with E-state index in [0.29, 0.717) is 25.4 Å². The number of nitrogens with zero attached hydrogens (tertiary/aromatic N) is 3. The highest BCUT2D eigenvalue weighted by atomic mass is 19.1. The summed E-state index contributed by atoms with van der Waals surface area (Å²) in [6.45, 7) is 1.85. The summed E-state index contributed by atoms with van der Waals surface area (Å²) in [5.74, 6) is -1.17. The Bertz CT molecular complexity index is 539. The molecule has 2 rings (SSSR count). The second-order valence-corrected chi connectivity index (χ2v) is 4.28. The van der Waals surface area contributed by atoms with Gasteiger partial charge in [-0.2, -0.15) is 0 Å². The van der Waals surface area contributed by atoms with Gasteiger partial charge in [0.05, 0.1) is 25.0 Å². The molecular weight excluding hydrogens is 266 g/mol. The Labute approximate surface area is 115 Å². The van der Waals surface area contributed by atoms with Gasteiger partial charge in [0.25, 0.3) is 0 Å². The average Bonchev–Trinajstić information content (AvgIpc) is 2.87. The molecule has 0 saturated heterocycles. The molecule has 1 aromatic carbocycles. The molecule has 0 saturated carbocycles. The minimum Gasteiger partial charge on any atom is -0.383 e. The quantitative estimate of drug-likeness (QED) is 0.779. The van der Waals surface area contributed by atoms with Crippen LogP contribution in [-0.4, -0.2) is 35.3 Å². The molecule has 20 heavy (non-hydrogen) atoms. The molecule has 0 amide bonds. The Kier molecular flexibility index (Phi) is 5.14. The number of hydrogen-bond acceptors (Lipinski definition) is 4. The molecule has 0 aliphatic carbocycles. The van der Waals surface area contributed by atoms with Crippen molar-refractivity contribution in [3.8, 4) is 0 Å². The number of nitrogens with one attached hydrogen (secondary N) is 1. The van der Waals surface area contributed by atoms with Gasteiger partial charge in [-0.15, -0.1) is 5.10 Å². The summed E-state index contributed by atoms with van der Waals surface area (Å²) < 4.78 is 33.3. The lowest BCUT2D eigenvalue weighted by molar-refractivity contribution is 0.199. The number of aromatic nitrogens is 3. The SMILES string of the molecule is COCCNCc1cn(Cc2c(F)cccc2F)nn1. The summed E-state index contributed by atoms with van der Waals surface area (Å²) in [6, 6.07) is 3.78.